The second-order valence-electron chi connectivity index (χ2n) is 3.94. The van der Waals surface area contributed by atoms with Crippen molar-refractivity contribution < 1.29 is 9.53 Å². The average Bonchev–Trinajstić information content (AvgIpc) is 2.50. The van der Waals surface area contributed by atoms with E-state index in [2.05, 4.69) is 27.8 Å². The first-order chi connectivity index (χ1) is 9.74. The van der Waals surface area contributed by atoms with Crippen molar-refractivity contribution in [1.29, 1.82) is 0 Å². The summed E-state index contributed by atoms with van der Waals surface area (Å²) in [6.45, 7) is 0. The van der Waals surface area contributed by atoms with Crippen LogP contribution in [0.15, 0.2) is 53.0 Å². The van der Waals surface area contributed by atoms with Gasteiger partial charge in [0.25, 0.3) is 0 Å². The molecule has 0 heterocycles. The zero-order valence-electron chi connectivity index (χ0n) is 10.8. The average molecular weight is 327 g/mol. The number of ether oxygens (including phenoxy) is 1. The lowest BCUT2D eigenvalue weighted by atomic mass is 10.1. The van der Waals surface area contributed by atoms with Crippen molar-refractivity contribution in [3.8, 4) is 17.6 Å². The summed E-state index contributed by atoms with van der Waals surface area (Å²) in [4.78, 5) is 11.1. The molecule has 3 heteroatoms. The fourth-order valence-electron chi connectivity index (χ4n) is 1.62. The highest BCUT2D eigenvalue weighted by Crippen LogP contribution is 2.22. The Morgan fingerprint density at radius 2 is 1.80 bits per heavy atom. The largest absolute Gasteiger partial charge is 0.497 e. The summed E-state index contributed by atoms with van der Waals surface area (Å²) in [6, 6.07) is 14.8. The van der Waals surface area contributed by atoms with E-state index in [9.17, 15) is 4.79 Å². The molecule has 0 aliphatic heterocycles. The van der Waals surface area contributed by atoms with Crippen LogP contribution in [-0.2, 0) is 4.79 Å². The summed E-state index contributed by atoms with van der Waals surface area (Å²) in [5.41, 5.74) is 1.88. The van der Waals surface area contributed by atoms with Crippen LogP contribution in [0.2, 0.25) is 0 Å². The van der Waals surface area contributed by atoms with Crippen molar-refractivity contribution in [2.24, 2.45) is 0 Å². The van der Waals surface area contributed by atoms with Gasteiger partial charge >= 0.3 is 0 Å². The van der Waals surface area contributed by atoms with Gasteiger partial charge in [0.15, 0.2) is 0 Å². The van der Waals surface area contributed by atoms with E-state index in [0.29, 0.717) is 5.57 Å². The predicted octanol–water partition coefficient (Wildman–Crippen LogP) is 3.72. The van der Waals surface area contributed by atoms with Gasteiger partial charge in [0.2, 0.25) is 0 Å². The third kappa shape index (κ3) is 3.39. The van der Waals surface area contributed by atoms with E-state index in [1.165, 1.54) is 0 Å². The minimum Gasteiger partial charge on any atom is -0.497 e. The van der Waals surface area contributed by atoms with Gasteiger partial charge in [-0.3, -0.25) is 0 Å². The molecule has 0 N–H and O–H groups in total. The molecule has 0 unspecified atom stereocenters. The molecular weight excluding hydrogens is 316 g/mol. The second-order valence-corrected chi connectivity index (χ2v) is 4.79. The van der Waals surface area contributed by atoms with E-state index in [0.717, 1.165) is 21.3 Å². The number of rotatable bonds is 2. The Labute approximate surface area is 126 Å². The third-order valence-corrected chi connectivity index (χ3v) is 3.36. The Morgan fingerprint density at radius 3 is 2.40 bits per heavy atom. The molecule has 0 amide bonds. The van der Waals surface area contributed by atoms with Gasteiger partial charge in [-0.25, -0.2) is 4.79 Å². The molecule has 0 radical (unpaired) electrons. The molecule has 20 heavy (non-hydrogen) atoms. The Bertz CT molecular complexity index is 715. The third-order valence-electron chi connectivity index (χ3n) is 2.67. The maximum absolute atomic E-state index is 11.1. The minimum absolute atomic E-state index is 0.327. The number of benzene rings is 2. The second kappa shape index (κ2) is 6.77. The molecule has 0 aliphatic carbocycles. The number of carbonyl (C=O) groups excluding carboxylic acids is 1. The molecule has 0 atom stereocenters. The van der Waals surface area contributed by atoms with Gasteiger partial charge in [0, 0.05) is 15.6 Å². The molecule has 0 saturated carbocycles. The Morgan fingerprint density at radius 1 is 1.10 bits per heavy atom. The molecule has 0 spiro atoms. The van der Waals surface area contributed by atoms with Gasteiger partial charge in [0.1, 0.15) is 17.3 Å². The summed E-state index contributed by atoms with van der Waals surface area (Å²) < 4.78 is 5.90. The minimum atomic E-state index is 0.327. The van der Waals surface area contributed by atoms with Crippen molar-refractivity contribution in [2.45, 2.75) is 0 Å². The van der Waals surface area contributed by atoms with Gasteiger partial charge in [-0.2, -0.15) is 0 Å². The highest BCUT2D eigenvalue weighted by molar-refractivity contribution is 9.10. The quantitative estimate of drug-likeness (QED) is 0.621. The first kappa shape index (κ1) is 14.1. The summed E-state index contributed by atoms with van der Waals surface area (Å²) in [6.07, 6.45) is 0. The van der Waals surface area contributed by atoms with Gasteiger partial charge in [-0.05, 0) is 36.3 Å². The molecule has 2 aromatic carbocycles. The summed E-state index contributed by atoms with van der Waals surface area (Å²) in [5.74, 6) is 8.46. The Kier molecular flexibility index (Phi) is 4.79. The van der Waals surface area contributed by atoms with Crippen molar-refractivity contribution in [1.82, 2.24) is 0 Å². The standard InChI is InChI=1S/C17H11BrO2/c1-20-15-10-7-13(8-11-15)6-9-14(12-19)16-4-2-3-5-17(16)18/h2-5,7-8,10-11H,1H3. The molecule has 0 aromatic heterocycles. The maximum atomic E-state index is 11.1. The topological polar surface area (TPSA) is 26.3 Å². The van der Waals surface area contributed by atoms with Crippen LogP contribution in [0, 0.1) is 11.8 Å². The van der Waals surface area contributed by atoms with E-state index < -0.39 is 0 Å². The first-order valence-corrected chi connectivity index (χ1v) is 6.70. The molecule has 0 fully saturated rings. The van der Waals surface area contributed by atoms with Crippen LogP contribution >= 0.6 is 15.9 Å². The highest BCUT2D eigenvalue weighted by atomic mass is 79.9. The smallest absolute Gasteiger partial charge is 0.142 e. The molecule has 98 valence electrons. The van der Waals surface area contributed by atoms with Gasteiger partial charge < -0.3 is 4.74 Å². The monoisotopic (exact) mass is 326 g/mol. The van der Waals surface area contributed by atoms with Crippen LogP contribution < -0.4 is 4.74 Å². The normalized spacial score (nSPS) is 9.10. The van der Waals surface area contributed by atoms with Crippen LogP contribution in [0.25, 0.3) is 5.57 Å². The van der Waals surface area contributed by atoms with Crippen molar-refractivity contribution >= 4 is 27.4 Å². The number of hydrogen-bond acceptors (Lipinski definition) is 2. The Balaban J connectivity index is 2.30. The van der Waals surface area contributed by atoms with Crippen LogP contribution in [0.5, 0.6) is 5.75 Å². The molecule has 2 nitrogen and oxygen atoms in total. The van der Waals surface area contributed by atoms with E-state index in [1.807, 2.05) is 54.5 Å². The fraction of sp³-hybridized carbons (Fsp3) is 0.0588. The molecule has 2 rings (SSSR count). The lowest BCUT2D eigenvalue weighted by Crippen LogP contribution is -1.85. The van der Waals surface area contributed by atoms with Gasteiger partial charge in [-0.15, -0.1) is 0 Å². The maximum Gasteiger partial charge on any atom is 0.142 e. The number of halogens is 1. The summed E-state index contributed by atoms with van der Waals surface area (Å²) in [7, 11) is 1.61. The summed E-state index contributed by atoms with van der Waals surface area (Å²) in [5, 5.41) is 0. The molecule has 0 saturated heterocycles. The number of hydrogen-bond donors (Lipinski definition) is 0. The number of methoxy groups -OCH3 is 1. The molecule has 0 bridgehead atoms. The zero-order chi connectivity index (χ0) is 14.4. The summed E-state index contributed by atoms with van der Waals surface area (Å²) >= 11 is 3.40. The highest BCUT2D eigenvalue weighted by Gasteiger charge is 2.03. The predicted molar refractivity (Wildman–Crippen MR) is 83.1 cm³/mol. The Hall–Kier alpha value is -2.27. The van der Waals surface area contributed by atoms with Crippen molar-refractivity contribution in [2.75, 3.05) is 7.11 Å². The van der Waals surface area contributed by atoms with Gasteiger partial charge in [-0.1, -0.05) is 40.0 Å². The van der Waals surface area contributed by atoms with E-state index in [-0.39, 0.29) is 0 Å². The van der Waals surface area contributed by atoms with E-state index >= 15 is 0 Å². The van der Waals surface area contributed by atoms with Gasteiger partial charge in [0.05, 0.1) is 7.11 Å². The molecule has 0 aliphatic rings. The molecular formula is C17H11BrO2. The first-order valence-electron chi connectivity index (χ1n) is 5.90. The van der Waals surface area contributed by atoms with Crippen LogP contribution in [0.1, 0.15) is 11.1 Å². The SMILES string of the molecule is COc1ccc(C#CC(=C=O)c2ccccc2Br)cc1. The van der Waals surface area contributed by atoms with Crippen LogP contribution in [0.3, 0.4) is 0 Å². The van der Waals surface area contributed by atoms with E-state index in [1.54, 1.807) is 7.11 Å². The lowest BCUT2D eigenvalue weighted by molar-refractivity contribution is 0.415. The fourth-order valence-corrected chi connectivity index (χ4v) is 2.10. The van der Waals surface area contributed by atoms with Crippen molar-refractivity contribution in [3.63, 3.8) is 0 Å². The number of allylic oxidation sites excluding steroid dienone is 1. The van der Waals surface area contributed by atoms with Crippen LogP contribution in [0.4, 0.5) is 0 Å². The zero-order valence-corrected chi connectivity index (χ0v) is 12.4. The lowest BCUT2D eigenvalue weighted by Gasteiger charge is -1.99. The molecule has 2 aromatic rings. The van der Waals surface area contributed by atoms with E-state index in [4.69, 9.17) is 4.74 Å². The van der Waals surface area contributed by atoms with Crippen molar-refractivity contribution in [3.05, 3.63) is 64.1 Å². The van der Waals surface area contributed by atoms with Crippen LogP contribution in [-0.4, -0.2) is 13.1 Å².